The molecule has 0 bridgehead atoms. The van der Waals surface area contributed by atoms with Gasteiger partial charge in [0.15, 0.2) is 0 Å². The molecule has 0 atom stereocenters. The first-order valence-electron chi connectivity index (χ1n) is 8.92. The van der Waals surface area contributed by atoms with Crippen LogP contribution in [0, 0.1) is 0 Å². The average Bonchev–Trinajstić information content (AvgIpc) is 2.61. The summed E-state index contributed by atoms with van der Waals surface area (Å²) >= 11 is 6.12. The van der Waals surface area contributed by atoms with Crippen molar-refractivity contribution in [1.82, 2.24) is 10.6 Å². The SMILES string of the molecule is CCNC(=O)C1(NC(=O)CCc2ccc(OC)c(Cl)c2)CCCCC1. The molecule has 0 aliphatic heterocycles. The Morgan fingerprint density at radius 3 is 2.56 bits per heavy atom. The van der Waals surface area contributed by atoms with E-state index in [-0.39, 0.29) is 11.8 Å². The van der Waals surface area contributed by atoms with E-state index in [1.54, 1.807) is 13.2 Å². The molecule has 0 radical (unpaired) electrons. The quantitative estimate of drug-likeness (QED) is 0.778. The van der Waals surface area contributed by atoms with Gasteiger partial charge in [-0.2, -0.15) is 0 Å². The van der Waals surface area contributed by atoms with Crippen molar-refractivity contribution in [3.63, 3.8) is 0 Å². The van der Waals surface area contributed by atoms with Crippen LogP contribution in [0.3, 0.4) is 0 Å². The standard InChI is InChI=1S/C19H27ClN2O3/c1-3-21-18(24)19(11-5-4-6-12-19)22-17(23)10-8-14-7-9-16(25-2)15(20)13-14/h7,9,13H,3-6,8,10-12H2,1-2H3,(H,21,24)(H,22,23). The summed E-state index contributed by atoms with van der Waals surface area (Å²) in [4.78, 5) is 24.9. The second-order valence-corrected chi connectivity index (χ2v) is 6.93. The molecule has 1 aromatic carbocycles. The monoisotopic (exact) mass is 366 g/mol. The zero-order valence-corrected chi connectivity index (χ0v) is 15.7. The minimum Gasteiger partial charge on any atom is -0.495 e. The molecule has 1 aliphatic carbocycles. The molecule has 0 aromatic heterocycles. The second kappa shape index (κ2) is 9.09. The average molecular weight is 367 g/mol. The third kappa shape index (κ3) is 5.11. The van der Waals surface area contributed by atoms with Gasteiger partial charge >= 0.3 is 0 Å². The van der Waals surface area contributed by atoms with Gasteiger partial charge in [0.25, 0.3) is 0 Å². The first-order chi connectivity index (χ1) is 12.0. The molecule has 138 valence electrons. The summed E-state index contributed by atoms with van der Waals surface area (Å²) in [5, 5.41) is 6.42. The molecule has 0 heterocycles. The summed E-state index contributed by atoms with van der Waals surface area (Å²) in [6.07, 6.45) is 5.35. The number of amides is 2. The minimum absolute atomic E-state index is 0.0597. The molecule has 6 heteroatoms. The van der Waals surface area contributed by atoms with Gasteiger partial charge in [-0.3, -0.25) is 9.59 Å². The van der Waals surface area contributed by atoms with E-state index in [4.69, 9.17) is 16.3 Å². The fourth-order valence-corrected chi connectivity index (χ4v) is 3.63. The van der Waals surface area contributed by atoms with Crippen LogP contribution >= 0.6 is 11.6 Å². The van der Waals surface area contributed by atoms with Crippen LogP contribution < -0.4 is 15.4 Å². The van der Waals surface area contributed by atoms with Gasteiger partial charge in [0, 0.05) is 13.0 Å². The number of methoxy groups -OCH3 is 1. The lowest BCUT2D eigenvalue weighted by atomic mass is 9.80. The van der Waals surface area contributed by atoms with Crippen LogP contribution in [0.25, 0.3) is 0 Å². The minimum atomic E-state index is -0.747. The maximum Gasteiger partial charge on any atom is 0.245 e. The van der Waals surface area contributed by atoms with Crippen LogP contribution in [0.15, 0.2) is 18.2 Å². The Morgan fingerprint density at radius 2 is 1.96 bits per heavy atom. The van der Waals surface area contributed by atoms with E-state index in [1.807, 2.05) is 19.1 Å². The van der Waals surface area contributed by atoms with Crippen molar-refractivity contribution in [1.29, 1.82) is 0 Å². The first-order valence-corrected chi connectivity index (χ1v) is 9.30. The zero-order valence-electron chi connectivity index (χ0n) is 15.0. The first kappa shape index (κ1) is 19.6. The van der Waals surface area contributed by atoms with Crippen LogP contribution in [0.2, 0.25) is 5.02 Å². The number of nitrogens with one attached hydrogen (secondary N) is 2. The molecule has 2 amide bonds. The van der Waals surface area contributed by atoms with Gasteiger partial charge in [-0.05, 0) is 43.9 Å². The third-order valence-electron chi connectivity index (χ3n) is 4.71. The molecule has 1 aliphatic rings. The van der Waals surface area contributed by atoms with Gasteiger partial charge in [0.05, 0.1) is 12.1 Å². The Morgan fingerprint density at radius 1 is 1.24 bits per heavy atom. The van der Waals surface area contributed by atoms with Gasteiger partial charge in [0.2, 0.25) is 11.8 Å². The van der Waals surface area contributed by atoms with E-state index >= 15 is 0 Å². The molecule has 0 spiro atoms. The number of rotatable bonds is 7. The Kier molecular flexibility index (Phi) is 7.12. The lowest BCUT2D eigenvalue weighted by Gasteiger charge is -2.36. The molecule has 1 fully saturated rings. The maximum atomic E-state index is 12.5. The number of benzene rings is 1. The lowest BCUT2D eigenvalue weighted by molar-refractivity contribution is -0.135. The van der Waals surface area contributed by atoms with Crippen molar-refractivity contribution < 1.29 is 14.3 Å². The summed E-state index contributed by atoms with van der Waals surface area (Å²) in [5.74, 6) is 0.461. The van der Waals surface area contributed by atoms with Crippen molar-refractivity contribution in [3.05, 3.63) is 28.8 Å². The number of ether oxygens (including phenoxy) is 1. The summed E-state index contributed by atoms with van der Waals surface area (Å²) < 4.78 is 5.13. The summed E-state index contributed by atoms with van der Waals surface area (Å²) in [5.41, 5.74) is 0.222. The Hall–Kier alpha value is -1.75. The van der Waals surface area contributed by atoms with E-state index in [0.717, 1.165) is 24.8 Å². The van der Waals surface area contributed by atoms with Crippen molar-refractivity contribution in [2.75, 3.05) is 13.7 Å². The maximum absolute atomic E-state index is 12.5. The molecule has 2 rings (SSSR count). The van der Waals surface area contributed by atoms with Gasteiger partial charge in [-0.25, -0.2) is 0 Å². The summed E-state index contributed by atoms with van der Waals surface area (Å²) in [7, 11) is 1.57. The second-order valence-electron chi connectivity index (χ2n) is 6.52. The van der Waals surface area contributed by atoms with E-state index in [2.05, 4.69) is 10.6 Å². The van der Waals surface area contributed by atoms with Gasteiger partial charge in [-0.1, -0.05) is 36.9 Å². The predicted octanol–water partition coefficient (Wildman–Crippen LogP) is 3.24. The number of aryl methyl sites for hydroxylation is 1. The fraction of sp³-hybridized carbons (Fsp3) is 0.579. The molecule has 1 aromatic rings. The number of carbonyl (C=O) groups excluding carboxylic acids is 2. The van der Waals surface area contributed by atoms with E-state index < -0.39 is 5.54 Å². The lowest BCUT2D eigenvalue weighted by Crippen LogP contribution is -2.59. The predicted molar refractivity (Wildman–Crippen MR) is 99.0 cm³/mol. The molecular formula is C19H27ClN2O3. The van der Waals surface area contributed by atoms with Gasteiger partial charge in [0.1, 0.15) is 11.3 Å². The van der Waals surface area contributed by atoms with Crippen LogP contribution in [-0.2, 0) is 16.0 Å². The normalized spacial score (nSPS) is 16.1. The molecular weight excluding hydrogens is 340 g/mol. The number of halogens is 1. The zero-order chi connectivity index (χ0) is 18.3. The van der Waals surface area contributed by atoms with E-state index in [9.17, 15) is 9.59 Å². The molecule has 0 unspecified atom stereocenters. The largest absolute Gasteiger partial charge is 0.495 e. The third-order valence-corrected chi connectivity index (χ3v) is 5.01. The number of carbonyl (C=O) groups is 2. The highest BCUT2D eigenvalue weighted by molar-refractivity contribution is 6.32. The van der Waals surface area contributed by atoms with E-state index in [0.29, 0.717) is 43.0 Å². The molecule has 1 saturated carbocycles. The van der Waals surface area contributed by atoms with Crippen LogP contribution in [-0.4, -0.2) is 31.0 Å². The van der Waals surface area contributed by atoms with Gasteiger partial charge < -0.3 is 15.4 Å². The molecule has 5 nitrogen and oxygen atoms in total. The van der Waals surface area contributed by atoms with Crippen molar-refractivity contribution >= 4 is 23.4 Å². The number of hydrogen-bond acceptors (Lipinski definition) is 3. The number of hydrogen-bond donors (Lipinski definition) is 2. The van der Waals surface area contributed by atoms with Crippen LogP contribution in [0.1, 0.15) is 51.0 Å². The topological polar surface area (TPSA) is 67.4 Å². The van der Waals surface area contributed by atoms with Gasteiger partial charge in [-0.15, -0.1) is 0 Å². The Balaban J connectivity index is 1.97. The highest BCUT2D eigenvalue weighted by atomic mass is 35.5. The molecule has 0 saturated heterocycles. The van der Waals surface area contributed by atoms with Crippen molar-refractivity contribution in [2.24, 2.45) is 0 Å². The summed E-state index contributed by atoms with van der Waals surface area (Å²) in [6, 6.07) is 5.51. The number of likely N-dealkylation sites (N-methyl/N-ethyl adjacent to an activating group) is 1. The van der Waals surface area contributed by atoms with Crippen molar-refractivity contribution in [2.45, 2.75) is 57.4 Å². The Labute approximate surface area is 154 Å². The fourth-order valence-electron chi connectivity index (χ4n) is 3.35. The van der Waals surface area contributed by atoms with Crippen LogP contribution in [0.4, 0.5) is 0 Å². The Bertz CT molecular complexity index is 613. The summed E-state index contributed by atoms with van der Waals surface area (Å²) in [6.45, 7) is 2.46. The van der Waals surface area contributed by atoms with E-state index in [1.165, 1.54) is 0 Å². The smallest absolute Gasteiger partial charge is 0.245 e. The van der Waals surface area contributed by atoms with Crippen LogP contribution in [0.5, 0.6) is 5.75 Å². The molecule has 25 heavy (non-hydrogen) atoms. The highest BCUT2D eigenvalue weighted by Gasteiger charge is 2.40. The molecule has 2 N–H and O–H groups in total. The highest BCUT2D eigenvalue weighted by Crippen LogP contribution is 2.29. The van der Waals surface area contributed by atoms with Crippen molar-refractivity contribution in [3.8, 4) is 5.75 Å².